The van der Waals surface area contributed by atoms with Gasteiger partial charge in [-0.05, 0) is 24.3 Å². The van der Waals surface area contributed by atoms with Gasteiger partial charge in [0.15, 0.2) is 0 Å². The Kier molecular flexibility index (Phi) is 1.94. The molecule has 78 valence electrons. The van der Waals surface area contributed by atoms with Crippen LogP contribution in [0.4, 0.5) is 0 Å². The van der Waals surface area contributed by atoms with E-state index in [4.69, 9.17) is 5.73 Å². The van der Waals surface area contributed by atoms with Crippen molar-refractivity contribution in [2.24, 2.45) is 5.73 Å². The number of thiophene rings is 1. The average molecular weight is 227 g/mol. The molecule has 0 bridgehead atoms. The Bertz CT molecular complexity index is 699. The summed E-state index contributed by atoms with van der Waals surface area (Å²) in [5.74, 6) is -0.378. The molecule has 0 aliphatic rings. The van der Waals surface area contributed by atoms with Crippen LogP contribution < -0.4 is 5.73 Å². The van der Waals surface area contributed by atoms with Gasteiger partial charge in [-0.1, -0.05) is 18.2 Å². The second-order valence-corrected chi connectivity index (χ2v) is 4.76. The van der Waals surface area contributed by atoms with Crippen LogP contribution >= 0.6 is 11.3 Å². The highest BCUT2D eigenvalue weighted by Crippen LogP contribution is 2.33. The number of benzene rings is 2. The van der Waals surface area contributed by atoms with Gasteiger partial charge in [0.05, 0.1) is 0 Å². The van der Waals surface area contributed by atoms with Crippen molar-refractivity contribution >= 4 is 37.4 Å². The fourth-order valence-electron chi connectivity index (χ4n) is 1.88. The van der Waals surface area contributed by atoms with E-state index >= 15 is 0 Å². The van der Waals surface area contributed by atoms with Gasteiger partial charge in [0, 0.05) is 25.7 Å². The number of carbonyl (C=O) groups is 1. The molecule has 0 radical (unpaired) electrons. The standard InChI is InChI=1S/C13H9NOS/c14-13(15)8-5-6-12-10(7-8)9-3-1-2-4-11(9)16-12/h1-7H,(H2,14,15). The molecule has 0 aliphatic heterocycles. The van der Waals surface area contributed by atoms with Gasteiger partial charge < -0.3 is 5.73 Å². The lowest BCUT2D eigenvalue weighted by Gasteiger charge is -1.95. The van der Waals surface area contributed by atoms with Crippen molar-refractivity contribution in [3.05, 3.63) is 48.0 Å². The number of carbonyl (C=O) groups excluding carboxylic acids is 1. The third-order valence-corrected chi connectivity index (χ3v) is 3.81. The first-order chi connectivity index (χ1) is 7.75. The summed E-state index contributed by atoms with van der Waals surface area (Å²) in [5.41, 5.74) is 5.85. The number of primary amides is 1. The van der Waals surface area contributed by atoms with E-state index in [1.54, 1.807) is 17.4 Å². The Morgan fingerprint density at radius 2 is 1.75 bits per heavy atom. The normalized spacial score (nSPS) is 11.0. The zero-order valence-corrected chi connectivity index (χ0v) is 9.25. The van der Waals surface area contributed by atoms with E-state index in [9.17, 15) is 4.79 Å². The molecule has 0 unspecified atom stereocenters. The summed E-state index contributed by atoms with van der Waals surface area (Å²) in [4.78, 5) is 11.1. The van der Waals surface area contributed by atoms with Gasteiger partial charge in [-0.2, -0.15) is 0 Å². The average Bonchev–Trinajstić information content (AvgIpc) is 2.66. The van der Waals surface area contributed by atoms with E-state index < -0.39 is 0 Å². The fraction of sp³-hybridized carbons (Fsp3) is 0. The van der Waals surface area contributed by atoms with Crippen LogP contribution in [0.2, 0.25) is 0 Å². The topological polar surface area (TPSA) is 43.1 Å². The molecule has 2 nitrogen and oxygen atoms in total. The molecule has 0 fully saturated rings. The maximum atomic E-state index is 11.1. The summed E-state index contributed by atoms with van der Waals surface area (Å²) >= 11 is 1.73. The van der Waals surface area contributed by atoms with Crippen LogP contribution in [0.25, 0.3) is 20.2 Å². The minimum atomic E-state index is -0.378. The van der Waals surface area contributed by atoms with Crippen molar-refractivity contribution in [1.29, 1.82) is 0 Å². The summed E-state index contributed by atoms with van der Waals surface area (Å²) < 4.78 is 2.42. The van der Waals surface area contributed by atoms with Gasteiger partial charge in [0.2, 0.25) is 5.91 Å². The lowest BCUT2D eigenvalue weighted by molar-refractivity contribution is 0.100. The predicted octanol–water partition coefficient (Wildman–Crippen LogP) is 3.15. The predicted molar refractivity (Wildman–Crippen MR) is 67.8 cm³/mol. The van der Waals surface area contributed by atoms with Crippen LogP contribution in [0.1, 0.15) is 10.4 Å². The first kappa shape index (κ1) is 9.36. The van der Waals surface area contributed by atoms with Gasteiger partial charge in [0.1, 0.15) is 0 Å². The third kappa shape index (κ3) is 1.29. The van der Waals surface area contributed by atoms with Crippen LogP contribution in [-0.4, -0.2) is 5.91 Å². The van der Waals surface area contributed by atoms with Gasteiger partial charge >= 0.3 is 0 Å². The van der Waals surface area contributed by atoms with Crippen molar-refractivity contribution in [1.82, 2.24) is 0 Å². The molecular weight excluding hydrogens is 218 g/mol. The maximum Gasteiger partial charge on any atom is 0.248 e. The summed E-state index contributed by atoms with van der Waals surface area (Å²) in [6.45, 7) is 0. The molecule has 3 heteroatoms. The van der Waals surface area contributed by atoms with Gasteiger partial charge in [-0.25, -0.2) is 0 Å². The first-order valence-corrected chi connectivity index (χ1v) is 5.78. The van der Waals surface area contributed by atoms with Crippen molar-refractivity contribution in [3.63, 3.8) is 0 Å². The Morgan fingerprint density at radius 1 is 1.00 bits per heavy atom. The highest BCUT2D eigenvalue weighted by Gasteiger charge is 2.07. The summed E-state index contributed by atoms with van der Waals surface area (Å²) in [6.07, 6.45) is 0. The van der Waals surface area contributed by atoms with Crippen LogP contribution in [0.15, 0.2) is 42.5 Å². The molecule has 2 aromatic carbocycles. The number of amides is 1. The van der Waals surface area contributed by atoms with Crippen LogP contribution in [0, 0.1) is 0 Å². The Hall–Kier alpha value is -1.87. The summed E-state index contributed by atoms with van der Waals surface area (Å²) in [7, 11) is 0. The largest absolute Gasteiger partial charge is 0.366 e. The minimum Gasteiger partial charge on any atom is -0.366 e. The van der Waals surface area contributed by atoms with E-state index in [0.29, 0.717) is 5.56 Å². The highest BCUT2D eigenvalue weighted by atomic mass is 32.1. The number of fused-ring (bicyclic) bond motifs is 3. The molecule has 1 heterocycles. The van der Waals surface area contributed by atoms with Crippen molar-refractivity contribution in [2.75, 3.05) is 0 Å². The number of rotatable bonds is 1. The smallest absolute Gasteiger partial charge is 0.248 e. The molecule has 16 heavy (non-hydrogen) atoms. The molecule has 1 amide bonds. The van der Waals surface area contributed by atoms with Gasteiger partial charge in [-0.15, -0.1) is 11.3 Å². The van der Waals surface area contributed by atoms with Crippen molar-refractivity contribution < 1.29 is 4.79 Å². The van der Waals surface area contributed by atoms with E-state index in [0.717, 1.165) is 5.39 Å². The molecule has 0 saturated carbocycles. The molecule has 3 aromatic rings. The second kappa shape index (κ2) is 3.32. The maximum absolute atomic E-state index is 11.1. The molecule has 0 saturated heterocycles. The molecule has 0 spiro atoms. The fourth-order valence-corrected chi connectivity index (χ4v) is 2.97. The number of nitrogens with two attached hydrogens (primary N) is 1. The van der Waals surface area contributed by atoms with Gasteiger partial charge in [0.25, 0.3) is 0 Å². The first-order valence-electron chi connectivity index (χ1n) is 4.97. The minimum absolute atomic E-state index is 0.378. The molecule has 3 rings (SSSR count). The van der Waals surface area contributed by atoms with Crippen molar-refractivity contribution in [2.45, 2.75) is 0 Å². The molecule has 0 atom stereocenters. The quantitative estimate of drug-likeness (QED) is 0.681. The van der Waals surface area contributed by atoms with Crippen LogP contribution in [0.3, 0.4) is 0 Å². The summed E-state index contributed by atoms with van der Waals surface area (Å²) in [5, 5.41) is 2.29. The van der Waals surface area contributed by atoms with E-state index in [2.05, 4.69) is 12.1 Å². The summed E-state index contributed by atoms with van der Waals surface area (Å²) in [6, 6.07) is 13.8. The lowest BCUT2D eigenvalue weighted by Crippen LogP contribution is -2.10. The molecular formula is C13H9NOS. The van der Waals surface area contributed by atoms with Crippen molar-refractivity contribution in [3.8, 4) is 0 Å². The molecule has 2 N–H and O–H groups in total. The lowest BCUT2D eigenvalue weighted by atomic mass is 10.1. The third-order valence-electron chi connectivity index (χ3n) is 2.66. The van der Waals surface area contributed by atoms with Gasteiger partial charge in [-0.3, -0.25) is 4.79 Å². The van der Waals surface area contributed by atoms with Crippen LogP contribution in [-0.2, 0) is 0 Å². The zero-order valence-electron chi connectivity index (χ0n) is 8.44. The number of hydrogen-bond donors (Lipinski definition) is 1. The SMILES string of the molecule is NC(=O)c1ccc2sc3ccccc3c2c1. The second-order valence-electron chi connectivity index (χ2n) is 3.67. The van der Waals surface area contributed by atoms with E-state index in [1.807, 2.05) is 24.3 Å². The Morgan fingerprint density at radius 3 is 2.56 bits per heavy atom. The monoisotopic (exact) mass is 227 g/mol. The Labute approximate surface area is 96.3 Å². The highest BCUT2D eigenvalue weighted by molar-refractivity contribution is 7.25. The van der Waals surface area contributed by atoms with E-state index in [-0.39, 0.29) is 5.91 Å². The molecule has 0 aliphatic carbocycles. The van der Waals surface area contributed by atoms with E-state index in [1.165, 1.54) is 14.8 Å². The molecule has 1 aromatic heterocycles. The Balaban J connectivity index is 2.44. The number of hydrogen-bond acceptors (Lipinski definition) is 2. The zero-order chi connectivity index (χ0) is 11.1. The van der Waals surface area contributed by atoms with Crippen LogP contribution in [0.5, 0.6) is 0 Å².